The summed E-state index contributed by atoms with van der Waals surface area (Å²) in [7, 11) is -2.91. The number of nitrogens with one attached hydrogen (secondary N) is 1. The highest BCUT2D eigenvalue weighted by atomic mass is 32.2. The van der Waals surface area contributed by atoms with Gasteiger partial charge in [-0.25, -0.2) is 8.42 Å². The van der Waals surface area contributed by atoms with Crippen molar-refractivity contribution in [1.29, 1.82) is 0 Å². The zero-order chi connectivity index (χ0) is 22.9. The van der Waals surface area contributed by atoms with Crippen LogP contribution in [0, 0.1) is 5.92 Å². The zero-order valence-corrected chi connectivity index (χ0v) is 19.3. The summed E-state index contributed by atoms with van der Waals surface area (Å²) in [5.41, 5.74) is 8.35. The van der Waals surface area contributed by atoms with Gasteiger partial charge in [-0.15, -0.1) is 11.3 Å². The van der Waals surface area contributed by atoms with Crippen LogP contribution in [-0.4, -0.2) is 61.4 Å². The van der Waals surface area contributed by atoms with E-state index in [9.17, 15) is 23.1 Å². The predicted molar refractivity (Wildman–Crippen MR) is 124 cm³/mol. The minimum Gasteiger partial charge on any atom is -0.396 e. The Morgan fingerprint density at radius 3 is 2.50 bits per heavy atom. The van der Waals surface area contributed by atoms with E-state index in [2.05, 4.69) is 10.2 Å². The second-order valence-electron chi connectivity index (χ2n) is 8.44. The van der Waals surface area contributed by atoms with Gasteiger partial charge in [0.25, 0.3) is 11.8 Å². The van der Waals surface area contributed by atoms with Crippen LogP contribution in [0.4, 0.5) is 5.00 Å². The molecule has 8 nitrogen and oxygen atoms in total. The molecule has 0 saturated carbocycles. The number of nitrogens with zero attached hydrogens (tertiary/aromatic N) is 1. The lowest BCUT2D eigenvalue weighted by Crippen LogP contribution is -2.39. The van der Waals surface area contributed by atoms with Gasteiger partial charge in [-0.1, -0.05) is 12.1 Å². The summed E-state index contributed by atoms with van der Waals surface area (Å²) in [6.45, 7) is 1.76. The molecule has 1 aromatic carbocycles. The maximum absolute atomic E-state index is 12.8. The van der Waals surface area contributed by atoms with Gasteiger partial charge in [0.15, 0.2) is 9.84 Å². The van der Waals surface area contributed by atoms with Crippen LogP contribution in [-0.2, 0) is 29.2 Å². The van der Waals surface area contributed by atoms with Crippen molar-refractivity contribution in [3.05, 3.63) is 51.4 Å². The van der Waals surface area contributed by atoms with Gasteiger partial charge in [-0.2, -0.15) is 0 Å². The SMILES string of the molecule is NC(=O)c1c(NC(=O)c2ccc(CN3CCS(=O)(=O)CC3)cc2)sc2c1CCC(CO)C2. The summed E-state index contributed by atoms with van der Waals surface area (Å²) in [6, 6.07) is 7.17. The van der Waals surface area contributed by atoms with Crippen molar-refractivity contribution in [2.24, 2.45) is 11.7 Å². The Balaban J connectivity index is 1.44. The fourth-order valence-corrected chi connectivity index (χ4v) is 6.90. The maximum atomic E-state index is 12.8. The quantitative estimate of drug-likeness (QED) is 0.577. The maximum Gasteiger partial charge on any atom is 0.256 e. The number of hydrogen-bond acceptors (Lipinski definition) is 7. The number of benzene rings is 1. The molecule has 1 unspecified atom stereocenters. The Morgan fingerprint density at radius 2 is 1.88 bits per heavy atom. The predicted octanol–water partition coefficient (Wildman–Crippen LogP) is 1.43. The van der Waals surface area contributed by atoms with E-state index < -0.39 is 15.7 Å². The highest BCUT2D eigenvalue weighted by Crippen LogP contribution is 2.39. The van der Waals surface area contributed by atoms with Crippen molar-refractivity contribution in [3.8, 4) is 0 Å². The number of carbonyl (C=O) groups is 2. The number of rotatable bonds is 6. The lowest BCUT2D eigenvalue weighted by Gasteiger charge is -2.26. The minimum atomic E-state index is -2.91. The monoisotopic (exact) mass is 477 g/mol. The molecular formula is C22H27N3O5S2. The van der Waals surface area contributed by atoms with Crippen molar-refractivity contribution in [3.63, 3.8) is 0 Å². The Morgan fingerprint density at radius 1 is 1.19 bits per heavy atom. The van der Waals surface area contributed by atoms with Crippen molar-refractivity contribution in [1.82, 2.24) is 4.90 Å². The lowest BCUT2D eigenvalue weighted by atomic mass is 9.87. The number of hydrogen-bond donors (Lipinski definition) is 3. The molecule has 32 heavy (non-hydrogen) atoms. The summed E-state index contributed by atoms with van der Waals surface area (Å²) in [5.74, 6) is -0.350. The largest absolute Gasteiger partial charge is 0.396 e. The summed E-state index contributed by atoms with van der Waals surface area (Å²) in [4.78, 5) is 28.0. The first-order valence-corrected chi connectivity index (χ1v) is 13.3. The van der Waals surface area contributed by atoms with Gasteiger partial charge in [-0.05, 0) is 48.4 Å². The van der Waals surface area contributed by atoms with Crippen molar-refractivity contribution >= 4 is 38.0 Å². The van der Waals surface area contributed by atoms with E-state index in [0.29, 0.717) is 48.6 Å². The van der Waals surface area contributed by atoms with Crippen LogP contribution in [0.3, 0.4) is 0 Å². The summed E-state index contributed by atoms with van der Waals surface area (Å²) >= 11 is 1.36. The van der Waals surface area contributed by atoms with E-state index in [4.69, 9.17) is 5.73 Å². The van der Waals surface area contributed by atoms with Gasteiger partial charge < -0.3 is 16.2 Å². The number of fused-ring (bicyclic) bond motifs is 1. The number of amides is 2. The molecule has 172 valence electrons. The van der Waals surface area contributed by atoms with E-state index in [1.54, 1.807) is 12.1 Å². The Hall–Kier alpha value is -2.27. The number of aliphatic hydroxyl groups excluding tert-OH is 1. The molecule has 4 rings (SSSR count). The number of sulfone groups is 1. The molecular weight excluding hydrogens is 450 g/mol. The van der Waals surface area contributed by atoms with E-state index in [0.717, 1.165) is 22.4 Å². The van der Waals surface area contributed by atoms with E-state index >= 15 is 0 Å². The molecule has 2 aliphatic rings. The molecule has 2 amide bonds. The average molecular weight is 478 g/mol. The fourth-order valence-electron chi connectivity index (χ4n) is 4.26. The van der Waals surface area contributed by atoms with E-state index in [1.807, 2.05) is 12.1 Å². The smallest absolute Gasteiger partial charge is 0.256 e. The second kappa shape index (κ2) is 9.30. The highest BCUT2D eigenvalue weighted by molar-refractivity contribution is 7.91. The number of primary amides is 1. The lowest BCUT2D eigenvalue weighted by molar-refractivity contribution is 0.1000. The van der Waals surface area contributed by atoms with Crippen molar-refractivity contribution in [2.75, 3.05) is 36.5 Å². The van der Waals surface area contributed by atoms with Gasteiger partial charge in [-0.3, -0.25) is 14.5 Å². The van der Waals surface area contributed by atoms with Gasteiger partial charge in [0.2, 0.25) is 0 Å². The second-order valence-corrected chi connectivity index (χ2v) is 11.9. The molecule has 10 heteroatoms. The third-order valence-electron chi connectivity index (χ3n) is 6.16. The first-order valence-electron chi connectivity index (χ1n) is 10.6. The van der Waals surface area contributed by atoms with E-state index in [-0.39, 0.29) is 29.9 Å². The molecule has 2 heterocycles. The number of nitrogens with two attached hydrogens (primary N) is 1. The van der Waals surface area contributed by atoms with Crippen LogP contribution < -0.4 is 11.1 Å². The normalized spacial score (nSPS) is 20.5. The minimum absolute atomic E-state index is 0.102. The van der Waals surface area contributed by atoms with Gasteiger partial charge in [0.1, 0.15) is 5.00 Å². The van der Waals surface area contributed by atoms with Gasteiger partial charge >= 0.3 is 0 Å². The molecule has 0 radical (unpaired) electrons. The molecule has 2 aromatic rings. The summed E-state index contributed by atoms with van der Waals surface area (Å²) in [5, 5.41) is 12.8. The highest BCUT2D eigenvalue weighted by Gasteiger charge is 2.28. The van der Waals surface area contributed by atoms with Crippen LogP contribution in [0.25, 0.3) is 0 Å². The third kappa shape index (κ3) is 5.03. The molecule has 1 aliphatic heterocycles. The molecule has 1 aliphatic carbocycles. The molecule has 1 aromatic heterocycles. The van der Waals surface area contributed by atoms with Gasteiger partial charge in [0, 0.05) is 36.7 Å². The van der Waals surface area contributed by atoms with Crippen LogP contribution in [0.1, 0.15) is 43.1 Å². The van der Waals surface area contributed by atoms with Crippen LogP contribution in [0.15, 0.2) is 24.3 Å². The number of anilines is 1. The number of thiophene rings is 1. The molecule has 4 N–H and O–H groups in total. The van der Waals surface area contributed by atoms with Crippen molar-refractivity contribution < 1.29 is 23.1 Å². The Labute approximate surface area is 191 Å². The van der Waals surface area contributed by atoms with Gasteiger partial charge in [0.05, 0.1) is 17.1 Å². The standard InChI is InChI=1S/C22H27N3O5S2/c23-20(27)19-17-6-3-15(13-26)11-18(17)31-22(19)24-21(28)16-4-1-14(2-5-16)12-25-7-9-32(29,30)10-8-25/h1-2,4-5,15,26H,3,6-13H2,(H2,23,27)(H,24,28). The van der Waals surface area contributed by atoms with Crippen molar-refractivity contribution in [2.45, 2.75) is 25.8 Å². The van der Waals surface area contributed by atoms with Crippen LogP contribution in [0.2, 0.25) is 0 Å². The van der Waals surface area contributed by atoms with Crippen LogP contribution >= 0.6 is 11.3 Å². The fraction of sp³-hybridized carbons (Fsp3) is 0.455. The Bertz CT molecular complexity index is 1110. The molecule has 0 spiro atoms. The molecule has 1 saturated heterocycles. The molecule has 1 fully saturated rings. The van der Waals surface area contributed by atoms with E-state index in [1.165, 1.54) is 11.3 Å². The summed E-state index contributed by atoms with van der Waals surface area (Å²) < 4.78 is 23.1. The first kappa shape index (κ1) is 22.9. The topological polar surface area (TPSA) is 130 Å². The first-order chi connectivity index (χ1) is 15.3. The van der Waals surface area contributed by atoms with Crippen LogP contribution in [0.5, 0.6) is 0 Å². The average Bonchev–Trinajstić information content (AvgIpc) is 3.12. The number of aliphatic hydroxyl groups is 1. The third-order valence-corrected chi connectivity index (χ3v) is 8.94. The molecule has 1 atom stereocenters. The molecule has 0 bridgehead atoms. The Kier molecular flexibility index (Phi) is 6.66. The zero-order valence-electron chi connectivity index (χ0n) is 17.7. The summed E-state index contributed by atoms with van der Waals surface area (Å²) in [6.07, 6.45) is 2.13. The number of carbonyl (C=O) groups excluding carboxylic acids is 2.